The van der Waals surface area contributed by atoms with Gasteiger partial charge in [-0.1, -0.05) is 63.1 Å². The summed E-state index contributed by atoms with van der Waals surface area (Å²) in [5.41, 5.74) is 4.09. The maximum Gasteiger partial charge on any atom is 0.277 e. The van der Waals surface area contributed by atoms with E-state index in [0.29, 0.717) is 11.1 Å². The molecule has 3 aromatic rings. The molecule has 0 saturated heterocycles. The minimum atomic E-state index is -0.352. The van der Waals surface area contributed by atoms with E-state index in [4.69, 9.17) is 4.42 Å². The van der Waals surface area contributed by atoms with Gasteiger partial charge in [0.1, 0.15) is 5.76 Å². The van der Waals surface area contributed by atoms with Crippen molar-refractivity contribution in [2.45, 2.75) is 39.0 Å². The van der Waals surface area contributed by atoms with Crippen LogP contribution in [0, 0.1) is 10.1 Å². The average Bonchev–Trinajstić information content (AvgIpc) is 3.30. The topological polar surface area (TPSA) is 56.3 Å². The van der Waals surface area contributed by atoms with Gasteiger partial charge in [0.05, 0.1) is 16.7 Å². The molecule has 3 rings (SSSR count). The number of nitrogens with zero attached hydrogens (tertiary/aromatic N) is 1. The third-order valence-corrected chi connectivity index (χ3v) is 5.14. The van der Waals surface area contributed by atoms with Crippen molar-refractivity contribution < 1.29 is 9.34 Å². The van der Waals surface area contributed by atoms with Crippen LogP contribution < -0.4 is 0 Å². The summed E-state index contributed by atoms with van der Waals surface area (Å²) in [4.78, 5) is 11.3. The van der Waals surface area contributed by atoms with E-state index < -0.39 is 0 Å². The normalized spacial score (nSPS) is 11.4. The Morgan fingerprint density at radius 2 is 1.87 bits per heavy atom. The Balaban J connectivity index is 1.97. The first-order valence-electron chi connectivity index (χ1n) is 10.4. The highest BCUT2D eigenvalue weighted by Crippen LogP contribution is 2.32. The molecule has 0 bridgehead atoms. The van der Waals surface area contributed by atoms with E-state index in [9.17, 15) is 10.1 Å². The lowest BCUT2D eigenvalue weighted by Gasteiger charge is -2.10. The minimum Gasteiger partial charge on any atom is -0.465 e. The van der Waals surface area contributed by atoms with Crippen molar-refractivity contribution in [3.8, 4) is 0 Å². The summed E-state index contributed by atoms with van der Waals surface area (Å²) >= 11 is 0. The molecule has 0 saturated carbocycles. The summed E-state index contributed by atoms with van der Waals surface area (Å²) < 4.78 is 5.64. The quantitative estimate of drug-likeness (QED) is 0.198. The molecule has 1 aromatic heterocycles. The Bertz CT molecular complexity index is 1020. The van der Waals surface area contributed by atoms with Gasteiger partial charge < -0.3 is 4.42 Å². The van der Waals surface area contributed by atoms with Crippen LogP contribution in [-0.4, -0.2) is 4.92 Å². The standard InChI is InChI=1S/C26H27NO3/c1-3-4-5-7-13-23(26-14-10-17-30-26)18-21-15-16-25(27(28)29)24(19-21)20(2)22-11-8-6-9-12-22/h6,8-12,14-19H,2-5,7,13H2,1H3. The van der Waals surface area contributed by atoms with Crippen molar-refractivity contribution in [2.75, 3.05) is 0 Å². The summed E-state index contributed by atoms with van der Waals surface area (Å²) in [7, 11) is 0. The first-order chi connectivity index (χ1) is 14.6. The zero-order valence-corrected chi connectivity index (χ0v) is 17.3. The van der Waals surface area contributed by atoms with E-state index in [1.165, 1.54) is 19.3 Å². The third kappa shape index (κ3) is 5.35. The molecule has 4 heteroatoms. The van der Waals surface area contributed by atoms with Gasteiger partial charge in [-0.3, -0.25) is 10.1 Å². The molecule has 0 aliphatic heterocycles. The number of nitro groups is 1. The van der Waals surface area contributed by atoms with Crippen molar-refractivity contribution in [1.82, 2.24) is 0 Å². The largest absolute Gasteiger partial charge is 0.465 e. The van der Waals surface area contributed by atoms with Crippen LogP contribution >= 0.6 is 0 Å². The number of nitro benzene ring substituents is 1. The SMILES string of the molecule is C=C(c1ccccc1)c1cc(C=C(CCCCCC)c2ccco2)ccc1[N+](=O)[O-]. The fraction of sp³-hybridized carbons (Fsp3) is 0.231. The van der Waals surface area contributed by atoms with E-state index in [1.54, 1.807) is 18.4 Å². The predicted octanol–water partition coefficient (Wildman–Crippen LogP) is 7.76. The summed E-state index contributed by atoms with van der Waals surface area (Å²) in [6, 6.07) is 18.6. The Kier molecular flexibility index (Phi) is 7.39. The Hall–Kier alpha value is -3.40. The number of furan rings is 1. The van der Waals surface area contributed by atoms with Crippen LogP contribution in [0.3, 0.4) is 0 Å². The first-order valence-corrected chi connectivity index (χ1v) is 10.4. The molecule has 154 valence electrons. The van der Waals surface area contributed by atoms with E-state index in [0.717, 1.165) is 35.3 Å². The Morgan fingerprint density at radius 3 is 2.53 bits per heavy atom. The van der Waals surface area contributed by atoms with Gasteiger partial charge in [-0.2, -0.15) is 0 Å². The molecule has 0 N–H and O–H groups in total. The van der Waals surface area contributed by atoms with Crippen molar-refractivity contribution in [1.29, 1.82) is 0 Å². The van der Waals surface area contributed by atoms with Gasteiger partial charge in [0.2, 0.25) is 0 Å². The van der Waals surface area contributed by atoms with Crippen molar-refractivity contribution in [3.63, 3.8) is 0 Å². The number of unbranched alkanes of at least 4 members (excludes halogenated alkanes) is 3. The second kappa shape index (κ2) is 10.4. The van der Waals surface area contributed by atoms with Gasteiger partial charge in [0.15, 0.2) is 0 Å². The van der Waals surface area contributed by atoms with Gasteiger partial charge in [-0.25, -0.2) is 0 Å². The molecular formula is C26H27NO3. The highest BCUT2D eigenvalue weighted by molar-refractivity contribution is 5.86. The lowest BCUT2D eigenvalue weighted by molar-refractivity contribution is -0.385. The van der Waals surface area contributed by atoms with Crippen LogP contribution in [0.4, 0.5) is 5.69 Å². The monoisotopic (exact) mass is 401 g/mol. The molecule has 4 nitrogen and oxygen atoms in total. The molecule has 0 radical (unpaired) electrons. The lowest BCUT2D eigenvalue weighted by atomic mass is 9.95. The maximum absolute atomic E-state index is 11.6. The van der Waals surface area contributed by atoms with Crippen molar-refractivity contribution in [2.24, 2.45) is 0 Å². The summed E-state index contributed by atoms with van der Waals surface area (Å²) in [5.74, 6) is 0.841. The Labute approximate surface area is 177 Å². The molecule has 0 atom stereocenters. The van der Waals surface area contributed by atoms with Gasteiger partial charge >= 0.3 is 0 Å². The highest BCUT2D eigenvalue weighted by Gasteiger charge is 2.18. The number of hydrogen-bond donors (Lipinski definition) is 0. The van der Waals surface area contributed by atoms with Crippen LogP contribution in [0.15, 0.2) is 77.9 Å². The average molecular weight is 402 g/mol. The molecule has 1 heterocycles. The van der Waals surface area contributed by atoms with E-state index in [-0.39, 0.29) is 10.6 Å². The van der Waals surface area contributed by atoms with Crippen LogP contribution in [0.5, 0.6) is 0 Å². The number of benzene rings is 2. The fourth-order valence-corrected chi connectivity index (χ4v) is 3.51. The van der Waals surface area contributed by atoms with Crippen molar-refractivity contribution in [3.05, 3.63) is 106 Å². The molecule has 30 heavy (non-hydrogen) atoms. The van der Waals surface area contributed by atoms with Gasteiger partial charge in [-0.15, -0.1) is 0 Å². The molecule has 0 amide bonds. The molecule has 0 aliphatic carbocycles. The van der Waals surface area contributed by atoms with Crippen LogP contribution in [0.25, 0.3) is 17.2 Å². The fourth-order valence-electron chi connectivity index (χ4n) is 3.51. The van der Waals surface area contributed by atoms with E-state index in [1.807, 2.05) is 48.5 Å². The molecular weight excluding hydrogens is 374 g/mol. The van der Waals surface area contributed by atoms with Crippen LogP contribution in [0.1, 0.15) is 61.5 Å². The van der Waals surface area contributed by atoms with Gasteiger partial charge in [0, 0.05) is 6.07 Å². The van der Waals surface area contributed by atoms with Gasteiger partial charge in [0.25, 0.3) is 5.69 Å². The third-order valence-electron chi connectivity index (χ3n) is 5.14. The maximum atomic E-state index is 11.6. The number of hydrogen-bond acceptors (Lipinski definition) is 3. The zero-order valence-electron chi connectivity index (χ0n) is 17.3. The second-order valence-corrected chi connectivity index (χ2v) is 7.34. The van der Waals surface area contributed by atoms with Crippen LogP contribution in [-0.2, 0) is 0 Å². The summed E-state index contributed by atoms with van der Waals surface area (Å²) in [5, 5.41) is 11.6. The van der Waals surface area contributed by atoms with Gasteiger partial charge in [-0.05, 0) is 65.5 Å². The number of rotatable bonds is 10. The molecule has 0 spiro atoms. The van der Waals surface area contributed by atoms with Crippen molar-refractivity contribution >= 4 is 22.9 Å². The second-order valence-electron chi connectivity index (χ2n) is 7.34. The first kappa shape index (κ1) is 21.3. The van der Waals surface area contributed by atoms with E-state index in [2.05, 4.69) is 19.6 Å². The summed E-state index contributed by atoms with van der Waals surface area (Å²) in [6.07, 6.45) is 9.29. The molecule has 0 aliphatic rings. The minimum absolute atomic E-state index is 0.0588. The lowest BCUT2D eigenvalue weighted by Crippen LogP contribution is -1.96. The molecule has 0 fully saturated rings. The Morgan fingerprint density at radius 1 is 1.07 bits per heavy atom. The smallest absolute Gasteiger partial charge is 0.277 e. The molecule has 2 aromatic carbocycles. The summed E-state index contributed by atoms with van der Waals surface area (Å²) in [6.45, 7) is 6.33. The van der Waals surface area contributed by atoms with E-state index >= 15 is 0 Å². The molecule has 0 unspecified atom stereocenters. The van der Waals surface area contributed by atoms with Crippen LogP contribution in [0.2, 0.25) is 0 Å². The highest BCUT2D eigenvalue weighted by atomic mass is 16.6. The zero-order chi connectivity index (χ0) is 21.3. The predicted molar refractivity (Wildman–Crippen MR) is 123 cm³/mol. The number of allylic oxidation sites excluding steroid dienone is 1.